The molecule has 1 aromatic carbocycles. The van der Waals surface area contributed by atoms with Crippen molar-refractivity contribution in [1.29, 1.82) is 0 Å². The van der Waals surface area contributed by atoms with Gasteiger partial charge in [-0.25, -0.2) is 4.79 Å². The van der Waals surface area contributed by atoms with Crippen molar-refractivity contribution in [2.45, 2.75) is 13.8 Å². The van der Waals surface area contributed by atoms with Crippen LogP contribution >= 0.6 is 11.3 Å². The lowest BCUT2D eigenvalue weighted by Gasteiger charge is -1.97. The molecule has 1 heterocycles. The van der Waals surface area contributed by atoms with E-state index in [2.05, 4.69) is 0 Å². The van der Waals surface area contributed by atoms with Gasteiger partial charge in [0.05, 0.1) is 0 Å². The summed E-state index contributed by atoms with van der Waals surface area (Å²) < 4.78 is 1.09. The Morgan fingerprint density at radius 3 is 2.50 bits per heavy atom. The van der Waals surface area contributed by atoms with E-state index in [-0.39, 0.29) is 0 Å². The maximum absolute atomic E-state index is 10.8. The van der Waals surface area contributed by atoms with E-state index < -0.39 is 5.97 Å². The number of aromatic carboxylic acids is 1. The van der Waals surface area contributed by atoms with Crippen LogP contribution in [0.4, 0.5) is 0 Å². The number of hydrogen-bond acceptors (Lipinski definition) is 2. The number of carboxylic acid groups (broad SMARTS) is 1. The minimum Gasteiger partial charge on any atom is -0.477 e. The van der Waals surface area contributed by atoms with Crippen LogP contribution in [0.15, 0.2) is 18.2 Å². The number of rotatable bonds is 1. The quantitative estimate of drug-likeness (QED) is 0.777. The van der Waals surface area contributed by atoms with Crippen molar-refractivity contribution < 1.29 is 9.90 Å². The summed E-state index contributed by atoms with van der Waals surface area (Å²) in [7, 11) is 0. The molecular formula is C11H10O2S. The highest BCUT2D eigenvalue weighted by Crippen LogP contribution is 2.30. The van der Waals surface area contributed by atoms with E-state index >= 15 is 0 Å². The predicted molar refractivity (Wildman–Crippen MR) is 58.3 cm³/mol. The van der Waals surface area contributed by atoms with Crippen molar-refractivity contribution in [2.75, 3.05) is 0 Å². The summed E-state index contributed by atoms with van der Waals surface area (Å²) in [6, 6.07) is 5.81. The van der Waals surface area contributed by atoms with Crippen LogP contribution in [-0.2, 0) is 0 Å². The highest BCUT2D eigenvalue weighted by Gasteiger charge is 2.10. The molecule has 72 valence electrons. The third kappa shape index (κ3) is 1.30. The number of carbonyl (C=O) groups is 1. The second-order valence-corrected chi connectivity index (χ2v) is 4.41. The smallest absolute Gasteiger partial charge is 0.345 e. The molecule has 0 bridgehead atoms. The molecule has 0 spiro atoms. The third-order valence-electron chi connectivity index (χ3n) is 2.31. The van der Waals surface area contributed by atoms with Crippen molar-refractivity contribution in [3.63, 3.8) is 0 Å². The van der Waals surface area contributed by atoms with Crippen LogP contribution in [0, 0.1) is 13.8 Å². The first-order chi connectivity index (χ1) is 6.59. The Hall–Kier alpha value is -1.35. The molecule has 0 fully saturated rings. The van der Waals surface area contributed by atoms with Gasteiger partial charge in [-0.05, 0) is 36.4 Å². The molecule has 2 aromatic rings. The fraction of sp³-hybridized carbons (Fsp3) is 0.182. The first kappa shape index (κ1) is 9.21. The standard InChI is InChI=1S/C11H10O2S/c1-6-3-4-7(2)10-8(6)5-9(14-10)11(12)13/h3-5H,1-2H3,(H,12,13). The highest BCUT2D eigenvalue weighted by atomic mass is 32.1. The third-order valence-corrected chi connectivity index (χ3v) is 3.57. The van der Waals surface area contributed by atoms with Crippen LogP contribution in [0.3, 0.4) is 0 Å². The van der Waals surface area contributed by atoms with Crippen molar-refractivity contribution in [3.8, 4) is 0 Å². The Bertz CT molecular complexity index is 472. The molecule has 2 rings (SSSR count). The van der Waals surface area contributed by atoms with Gasteiger partial charge in [-0.1, -0.05) is 12.1 Å². The first-order valence-electron chi connectivity index (χ1n) is 4.32. The second kappa shape index (κ2) is 3.10. The Balaban J connectivity index is 2.82. The molecule has 1 N–H and O–H groups in total. The summed E-state index contributed by atoms with van der Waals surface area (Å²) in [5.74, 6) is -0.843. The zero-order chi connectivity index (χ0) is 10.3. The number of benzene rings is 1. The molecule has 1 aromatic heterocycles. The fourth-order valence-corrected chi connectivity index (χ4v) is 2.54. The Morgan fingerprint density at radius 1 is 1.29 bits per heavy atom. The molecule has 0 amide bonds. The van der Waals surface area contributed by atoms with Crippen LogP contribution in [0.1, 0.15) is 20.8 Å². The van der Waals surface area contributed by atoms with Gasteiger partial charge in [0.25, 0.3) is 0 Å². The van der Waals surface area contributed by atoms with E-state index in [0.717, 1.165) is 21.2 Å². The van der Waals surface area contributed by atoms with Gasteiger partial charge in [0.2, 0.25) is 0 Å². The van der Waals surface area contributed by atoms with Gasteiger partial charge < -0.3 is 5.11 Å². The van der Waals surface area contributed by atoms with E-state index in [4.69, 9.17) is 5.11 Å². The maximum Gasteiger partial charge on any atom is 0.345 e. The molecule has 0 saturated carbocycles. The number of aryl methyl sites for hydroxylation is 2. The molecule has 0 atom stereocenters. The molecule has 0 radical (unpaired) electrons. The largest absolute Gasteiger partial charge is 0.477 e. The van der Waals surface area contributed by atoms with Gasteiger partial charge in [-0.15, -0.1) is 11.3 Å². The van der Waals surface area contributed by atoms with Crippen molar-refractivity contribution in [2.24, 2.45) is 0 Å². The molecular weight excluding hydrogens is 196 g/mol. The number of thiophene rings is 1. The second-order valence-electron chi connectivity index (χ2n) is 3.36. The minimum atomic E-state index is -0.843. The van der Waals surface area contributed by atoms with Crippen LogP contribution in [0.5, 0.6) is 0 Å². The average Bonchev–Trinajstić information content (AvgIpc) is 2.57. The van der Waals surface area contributed by atoms with Crippen LogP contribution in [-0.4, -0.2) is 11.1 Å². The zero-order valence-electron chi connectivity index (χ0n) is 8.00. The lowest BCUT2D eigenvalue weighted by atomic mass is 10.1. The number of carboxylic acids is 1. The maximum atomic E-state index is 10.8. The molecule has 0 aliphatic rings. The van der Waals surface area contributed by atoms with Gasteiger partial charge in [-0.2, -0.15) is 0 Å². The summed E-state index contributed by atoms with van der Waals surface area (Å²) in [6.07, 6.45) is 0. The van der Waals surface area contributed by atoms with Crippen molar-refractivity contribution in [3.05, 3.63) is 34.2 Å². The monoisotopic (exact) mass is 206 g/mol. The van der Waals surface area contributed by atoms with E-state index in [1.54, 1.807) is 6.07 Å². The number of hydrogen-bond donors (Lipinski definition) is 1. The summed E-state index contributed by atoms with van der Waals surface area (Å²) >= 11 is 1.35. The number of fused-ring (bicyclic) bond motifs is 1. The lowest BCUT2D eigenvalue weighted by molar-refractivity contribution is 0.0702. The molecule has 0 aliphatic carbocycles. The topological polar surface area (TPSA) is 37.3 Å². The molecule has 2 nitrogen and oxygen atoms in total. The van der Waals surface area contributed by atoms with Gasteiger partial charge in [0.15, 0.2) is 0 Å². The molecule has 14 heavy (non-hydrogen) atoms. The first-order valence-corrected chi connectivity index (χ1v) is 5.14. The predicted octanol–water partition coefficient (Wildman–Crippen LogP) is 3.22. The van der Waals surface area contributed by atoms with E-state index in [9.17, 15) is 4.79 Å². The molecule has 3 heteroatoms. The Morgan fingerprint density at radius 2 is 1.93 bits per heavy atom. The fourth-order valence-electron chi connectivity index (χ4n) is 1.50. The van der Waals surface area contributed by atoms with Gasteiger partial charge in [0.1, 0.15) is 4.88 Å². The minimum absolute atomic E-state index is 0.414. The summed E-state index contributed by atoms with van der Waals surface area (Å²) in [5, 5.41) is 9.94. The van der Waals surface area contributed by atoms with E-state index in [0.29, 0.717) is 4.88 Å². The van der Waals surface area contributed by atoms with E-state index in [1.807, 2.05) is 26.0 Å². The Labute approximate surface area is 85.8 Å². The summed E-state index contributed by atoms with van der Waals surface area (Å²) in [5.41, 5.74) is 2.28. The van der Waals surface area contributed by atoms with Crippen molar-refractivity contribution >= 4 is 27.4 Å². The average molecular weight is 206 g/mol. The van der Waals surface area contributed by atoms with Gasteiger partial charge >= 0.3 is 5.97 Å². The Kier molecular flexibility index (Phi) is 2.04. The van der Waals surface area contributed by atoms with E-state index in [1.165, 1.54) is 11.3 Å². The zero-order valence-corrected chi connectivity index (χ0v) is 8.81. The SMILES string of the molecule is Cc1ccc(C)c2sc(C(=O)O)cc12. The van der Waals surface area contributed by atoms with Crippen LogP contribution < -0.4 is 0 Å². The molecule has 0 saturated heterocycles. The lowest BCUT2D eigenvalue weighted by Crippen LogP contribution is -1.89. The van der Waals surface area contributed by atoms with Gasteiger partial charge in [-0.3, -0.25) is 0 Å². The highest BCUT2D eigenvalue weighted by molar-refractivity contribution is 7.21. The normalized spacial score (nSPS) is 10.7. The van der Waals surface area contributed by atoms with Crippen LogP contribution in [0.2, 0.25) is 0 Å². The van der Waals surface area contributed by atoms with Gasteiger partial charge in [0, 0.05) is 4.70 Å². The van der Waals surface area contributed by atoms with Crippen molar-refractivity contribution in [1.82, 2.24) is 0 Å². The van der Waals surface area contributed by atoms with Crippen LogP contribution in [0.25, 0.3) is 10.1 Å². The molecule has 0 unspecified atom stereocenters. The summed E-state index contributed by atoms with van der Waals surface area (Å²) in [6.45, 7) is 4.00. The summed E-state index contributed by atoms with van der Waals surface area (Å²) in [4.78, 5) is 11.2. The molecule has 0 aliphatic heterocycles.